The molecule has 0 fully saturated rings. The van der Waals surface area contributed by atoms with Crippen molar-refractivity contribution in [2.24, 2.45) is 0 Å². The van der Waals surface area contributed by atoms with E-state index in [-0.39, 0.29) is 12.2 Å². The minimum Gasteiger partial charge on any atom is -0.390 e. The van der Waals surface area contributed by atoms with E-state index >= 15 is 0 Å². The molecule has 0 aromatic carbocycles. The SMILES string of the molecule is CCC[C@H](O)C(C)OCC. The van der Waals surface area contributed by atoms with Crippen molar-refractivity contribution >= 4 is 0 Å². The number of hydrogen-bond donors (Lipinski definition) is 1. The summed E-state index contributed by atoms with van der Waals surface area (Å²) >= 11 is 0. The number of aliphatic hydroxyl groups excluding tert-OH is 1. The fourth-order valence-electron chi connectivity index (χ4n) is 0.904. The maximum Gasteiger partial charge on any atom is 0.0805 e. The molecule has 0 bridgehead atoms. The molecule has 0 heterocycles. The van der Waals surface area contributed by atoms with E-state index < -0.39 is 0 Å². The standard InChI is InChI=1S/C8H18O2/c1-4-6-8(9)7(3)10-5-2/h7-9H,4-6H2,1-3H3/t7?,8-/m0/s1. The van der Waals surface area contributed by atoms with Crippen LogP contribution < -0.4 is 0 Å². The first-order valence-corrected chi connectivity index (χ1v) is 4.02. The first-order valence-electron chi connectivity index (χ1n) is 4.02. The van der Waals surface area contributed by atoms with Gasteiger partial charge in [0.25, 0.3) is 0 Å². The number of rotatable bonds is 5. The van der Waals surface area contributed by atoms with Gasteiger partial charge in [-0.1, -0.05) is 13.3 Å². The Labute approximate surface area is 63.2 Å². The Balaban J connectivity index is 3.38. The fraction of sp³-hybridized carbons (Fsp3) is 1.00. The lowest BCUT2D eigenvalue weighted by Gasteiger charge is -2.17. The molecule has 2 heteroatoms. The van der Waals surface area contributed by atoms with E-state index in [9.17, 15) is 5.11 Å². The number of ether oxygens (including phenoxy) is 1. The quantitative estimate of drug-likeness (QED) is 0.638. The van der Waals surface area contributed by atoms with E-state index in [1.165, 1.54) is 0 Å². The lowest BCUT2D eigenvalue weighted by molar-refractivity contribution is -0.0249. The van der Waals surface area contributed by atoms with Crippen LogP contribution in [0, 0.1) is 0 Å². The Morgan fingerprint density at radius 1 is 1.40 bits per heavy atom. The lowest BCUT2D eigenvalue weighted by Crippen LogP contribution is -2.25. The highest BCUT2D eigenvalue weighted by Gasteiger charge is 2.11. The van der Waals surface area contributed by atoms with E-state index in [0.29, 0.717) is 6.61 Å². The van der Waals surface area contributed by atoms with Gasteiger partial charge in [0.15, 0.2) is 0 Å². The maximum absolute atomic E-state index is 9.32. The molecule has 0 aromatic rings. The van der Waals surface area contributed by atoms with Crippen LogP contribution in [0.25, 0.3) is 0 Å². The number of hydrogen-bond acceptors (Lipinski definition) is 2. The topological polar surface area (TPSA) is 29.5 Å². The molecule has 0 spiro atoms. The summed E-state index contributed by atoms with van der Waals surface area (Å²) in [6.45, 7) is 6.59. The molecule has 1 N–H and O–H groups in total. The summed E-state index contributed by atoms with van der Waals surface area (Å²) in [5, 5.41) is 9.32. The summed E-state index contributed by atoms with van der Waals surface area (Å²) in [6, 6.07) is 0. The minimum absolute atomic E-state index is 0.00931. The zero-order valence-electron chi connectivity index (χ0n) is 7.13. The summed E-state index contributed by atoms with van der Waals surface area (Å²) in [6.07, 6.45) is 1.55. The van der Waals surface area contributed by atoms with Gasteiger partial charge in [-0.2, -0.15) is 0 Å². The molecule has 0 aliphatic carbocycles. The van der Waals surface area contributed by atoms with Gasteiger partial charge in [0.2, 0.25) is 0 Å². The molecule has 0 saturated heterocycles. The van der Waals surface area contributed by atoms with Gasteiger partial charge in [-0.05, 0) is 20.3 Å². The smallest absolute Gasteiger partial charge is 0.0805 e. The average Bonchev–Trinajstić information content (AvgIpc) is 1.89. The zero-order valence-corrected chi connectivity index (χ0v) is 7.13. The first-order chi connectivity index (χ1) is 4.72. The second-order valence-electron chi connectivity index (χ2n) is 2.52. The molecular weight excluding hydrogens is 128 g/mol. The van der Waals surface area contributed by atoms with Crippen molar-refractivity contribution in [2.75, 3.05) is 6.61 Å². The average molecular weight is 146 g/mol. The van der Waals surface area contributed by atoms with Crippen molar-refractivity contribution in [1.82, 2.24) is 0 Å². The van der Waals surface area contributed by atoms with E-state index in [1.807, 2.05) is 13.8 Å². The predicted molar refractivity (Wildman–Crippen MR) is 42.0 cm³/mol. The van der Waals surface area contributed by atoms with Crippen LogP contribution in [0.3, 0.4) is 0 Å². The van der Waals surface area contributed by atoms with Crippen molar-refractivity contribution in [3.05, 3.63) is 0 Å². The second-order valence-corrected chi connectivity index (χ2v) is 2.52. The largest absolute Gasteiger partial charge is 0.390 e. The molecular formula is C8H18O2. The normalized spacial score (nSPS) is 16.8. The van der Waals surface area contributed by atoms with Crippen molar-refractivity contribution in [1.29, 1.82) is 0 Å². The third-order valence-electron chi connectivity index (χ3n) is 1.56. The predicted octanol–water partition coefficient (Wildman–Crippen LogP) is 1.57. The van der Waals surface area contributed by atoms with Crippen LogP contribution in [0.5, 0.6) is 0 Å². The molecule has 0 aromatic heterocycles. The van der Waals surface area contributed by atoms with E-state index in [2.05, 4.69) is 6.92 Å². The van der Waals surface area contributed by atoms with Crippen LogP contribution in [-0.4, -0.2) is 23.9 Å². The van der Waals surface area contributed by atoms with Crippen molar-refractivity contribution in [3.8, 4) is 0 Å². The Hall–Kier alpha value is -0.0800. The molecule has 0 radical (unpaired) electrons. The summed E-state index contributed by atoms with van der Waals surface area (Å²) in [7, 11) is 0. The molecule has 0 amide bonds. The molecule has 2 nitrogen and oxygen atoms in total. The molecule has 2 atom stereocenters. The Morgan fingerprint density at radius 3 is 2.40 bits per heavy atom. The van der Waals surface area contributed by atoms with Crippen molar-refractivity contribution in [3.63, 3.8) is 0 Å². The molecule has 0 saturated carbocycles. The highest BCUT2D eigenvalue weighted by Crippen LogP contribution is 2.04. The third kappa shape index (κ3) is 3.85. The summed E-state index contributed by atoms with van der Waals surface area (Å²) < 4.78 is 5.21. The molecule has 1 unspecified atom stereocenters. The molecule has 0 aliphatic rings. The van der Waals surface area contributed by atoms with Crippen LogP contribution in [0.1, 0.15) is 33.6 Å². The van der Waals surface area contributed by atoms with Gasteiger partial charge in [0.05, 0.1) is 12.2 Å². The van der Waals surface area contributed by atoms with Gasteiger partial charge in [0, 0.05) is 6.61 Å². The van der Waals surface area contributed by atoms with Crippen LogP contribution in [0.2, 0.25) is 0 Å². The van der Waals surface area contributed by atoms with Gasteiger partial charge in [-0.15, -0.1) is 0 Å². The third-order valence-corrected chi connectivity index (χ3v) is 1.56. The van der Waals surface area contributed by atoms with Crippen LogP contribution in [-0.2, 0) is 4.74 Å². The van der Waals surface area contributed by atoms with Gasteiger partial charge >= 0.3 is 0 Å². The van der Waals surface area contributed by atoms with E-state index in [4.69, 9.17) is 4.74 Å². The lowest BCUT2D eigenvalue weighted by atomic mass is 10.1. The molecule has 62 valence electrons. The summed E-state index contributed by atoms with van der Waals surface area (Å²) in [4.78, 5) is 0. The van der Waals surface area contributed by atoms with Crippen molar-refractivity contribution < 1.29 is 9.84 Å². The van der Waals surface area contributed by atoms with Gasteiger partial charge in [-0.3, -0.25) is 0 Å². The first kappa shape index (κ1) is 9.92. The fourth-order valence-corrected chi connectivity index (χ4v) is 0.904. The monoisotopic (exact) mass is 146 g/mol. The molecule has 0 rings (SSSR count). The highest BCUT2D eigenvalue weighted by atomic mass is 16.5. The molecule has 0 aliphatic heterocycles. The Kier molecular flexibility index (Phi) is 5.64. The maximum atomic E-state index is 9.32. The zero-order chi connectivity index (χ0) is 7.98. The minimum atomic E-state index is -0.287. The highest BCUT2D eigenvalue weighted by molar-refractivity contribution is 4.62. The van der Waals surface area contributed by atoms with Gasteiger partial charge < -0.3 is 9.84 Å². The Bertz CT molecular complexity index is 63.7. The van der Waals surface area contributed by atoms with Crippen LogP contribution in [0.15, 0.2) is 0 Å². The summed E-state index contributed by atoms with van der Waals surface area (Å²) in [5.74, 6) is 0. The molecule has 10 heavy (non-hydrogen) atoms. The van der Waals surface area contributed by atoms with Crippen molar-refractivity contribution in [2.45, 2.75) is 45.8 Å². The number of aliphatic hydroxyl groups is 1. The van der Waals surface area contributed by atoms with E-state index in [1.54, 1.807) is 0 Å². The van der Waals surface area contributed by atoms with Crippen LogP contribution >= 0.6 is 0 Å². The van der Waals surface area contributed by atoms with E-state index in [0.717, 1.165) is 12.8 Å². The van der Waals surface area contributed by atoms with Crippen LogP contribution in [0.4, 0.5) is 0 Å². The second kappa shape index (κ2) is 5.69. The van der Waals surface area contributed by atoms with Gasteiger partial charge in [0.1, 0.15) is 0 Å². The Morgan fingerprint density at radius 2 is 2.00 bits per heavy atom. The summed E-state index contributed by atoms with van der Waals surface area (Å²) in [5.41, 5.74) is 0. The van der Waals surface area contributed by atoms with Gasteiger partial charge in [-0.25, -0.2) is 0 Å².